The number of aliphatic hydroxyl groups is 2. The van der Waals surface area contributed by atoms with Crippen molar-refractivity contribution >= 4 is 43.8 Å². The summed E-state index contributed by atoms with van der Waals surface area (Å²) in [6, 6.07) is 11.7. The first-order valence-electron chi connectivity index (χ1n) is 11.5. The van der Waals surface area contributed by atoms with Gasteiger partial charge in [0.25, 0.3) is 8.00 Å². The molecule has 2 aliphatic rings. The Bertz CT molecular complexity index is 1410. The van der Waals surface area contributed by atoms with Crippen LogP contribution in [0.5, 0.6) is 0 Å². The Morgan fingerprint density at radius 2 is 2.00 bits per heavy atom. The molecule has 37 heavy (non-hydrogen) atoms. The van der Waals surface area contributed by atoms with Crippen molar-refractivity contribution in [2.45, 2.75) is 43.4 Å². The summed E-state index contributed by atoms with van der Waals surface area (Å²) >= 11 is 6.25. The monoisotopic (exact) mass is 570 g/mol. The first-order chi connectivity index (χ1) is 17.5. The fourth-order valence-electron chi connectivity index (χ4n) is 5.27. The topological polar surface area (TPSA) is 193 Å². The normalized spacial score (nSPS) is 26.4. The third kappa shape index (κ3) is 5.20. The molecule has 1 unspecified atom stereocenters. The molecule has 0 aliphatic heterocycles. The molecule has 2 heterocycles. The first kappa shape index (κ1) is 26.6. The summed E-state index contributed by atoms with van der Waals surface area (Å²) in [4.78, 5) is 43.3. The van der Waals surface area contributed by atoms with Gasteiger partial charge >= 0.3 is 12.8 Å². The molecule has 0 bridgehead atoms. The quantitative estimate of drug-likeness (QED) is 0.224. The van der Waals surface area contributed by atoms with Crippen LogP contribution in [0.3, 0.4) is 0 Å². The van der Waals surface area contributed by atoms with Gasteiger partial charge < -0.3 is 34.9 Å². The van der Waals surface area contributed by atoms with E-state index in [1.165, 1.54) is 11.1 Å². The number of aliphatic hydroxyl groups excluding tert-OH is 2. The van der Waals surface area contributed by atoms with Gasteiger partial charge in [0.15, 0.2) is 5.82 Å². The number of fused-ring (bicyclic) bond motifs is 2. The summed E-state index contributed by atoms with van der Waals surface area (Å²) in [7, 11) is -8.49. The van der Waals surface area contributed by atoms with E-state index in [1.54, 1.807) is 16.6 Å². The van der Waals surface area contributed by atoms with Crippen LogP contribution in [-0.2, 0) is 15.7 Å². The number of aryl methyl sites for hydroxylation is 1. The van der Waals surface area contributed by atoms with E-state index in [9.17, 15) is 34.4 Å². The van der Waals surface area contributed by atoms with E-state index in [1.807, 2.05) is 12.1 Å². The molecule has 3 aromatic rings. The lowest BCUT2D eigenvalue weighted by molar-refractivity contribution is -0.168. The second-order valence-corrected chi connectivity index (χ2v) is 12.4. The van der Waals surface area contributed by atoms with Crippen molar-refractivity contribution in [2.75, 3.05) is 11.9 Å². The molecule has 0 saturated heterocycles. The van der Waals surface area contributed by atoms with Crippen LogP contribution < -0.4 is 10.2 Å². The second-order valence-electron chi connectivity index (χ2n) is 9.21. The molecule has 1 fully saturated rings. The van der Waals surface area contributed by atoms with Crippen molar-refractivity contribution in [3.05, 3.63) is 58.5 Å². The maximum Gasteiger partial charge on any atom is 0.425 e. The van der Waals surface area contributed by atoms with Gasteiger partial charge in [-0.25, -0.2) is 9.08 Å². The molecular formula is C22H25ClN4O8P2. The molecule has 0 spiro atoms. The molecule has 1 saturated carbocycles. The van der Waals surface area contributed by atoms with Gasteiger partial charge in [-0.1, -0.05) is 24.3 Å². The van der Waals surface area contributed by atoms with E-state index in [-0.39, 0.29) is 17.7 Å². The fraction of sp³-hybridized carbons (Fsp3) is 0.409. The van der Waals surface area contributed by atoms with Crippen LogP contribution in [0.15, 0.2) is 36.4 Å². The highest BCUT2D eigenvalue weighted by Gasteiger charge is 2.45. The lowest BCUT2D eigenvalue weighted by Crippen LogP contribution is -2.30. The summed E-state index contributed by atoms with van der Waals surface area (Å²) in [5.41, 5.74) is 3.64. The van der Waals surface area contributed by atoms with Crippen LogP contribution in [0, 0.1) is 5.92 Å². The number of ether oxygens (including phenoxy) is 1. The summed E-state index contributed by atoms with van der Waals surface area (Å²) in [5.74, 6) is -0.876. The minimum Gasteiger partial charge on any atom is -0.601 e. The largest absolute Gasteiger partial charge is 0.601 e. The molecule has 2 aromatic heterocycles. The van der Waals surface area contributed by atoms with Crippen molar-refractivity contribution in [3.8, 4) is 0 Å². The molecule has 198 valence electrons. The van der Waals surface area contributed by atoms with Crippen molar-refractivity contribution in [2.24, 2.45) is 5.92 Å². The van der Waals surface area contributed by atoms with Crippen molar-refractivity contribution in [1.29, 1.82) is 0 Å². The number of halogens is 1. The molecule has 0 radical (unpaired) electrons. The van der Waals surface area contributed by atoms with Gasteiger partial charge in [-0.3, -0.25) is 0 Å². The van der Waals surface area contributed by atoms with Gasteiger partial charge in [-0.2, -0.15) is 9.88 Å². The molecule has 5 rings (SSSR count). The zero-order chi connectivity index (χ0) is 26.5. The van der Waals surface area contributed by atoms with Crippen molar-refractivity contribution in [1.82, 2.24) is 14.6 Å². The molecule has 15 heteroatoms. The van der Waals surface area contributed by atoms with Crippen molar-refractivity contribution < 1.29 is 39.1 Å². The van der Waals surface area contributed by atoms with E-state index >= 15 is 0 Å². The summed E-state index contributed by atoms with van der Waals surface area (Å²) in [6.07, 6.45) is -0.569. The standard InChI is InChI=1S/C22H25ClN4O8P2/c23-21-25-20(24-15-6-5-11-3-1-2-4-13(11)15)17-8-7-16(27(17)26-21)14-9-12(18(28)19(14)29)10-35-22(36(30)31)37(32,33)34/h1-4,7-8,12,14-15,18-19,28-29H,5-6,9-10H2,(H,30,31)(H,24,25,26)(H2,32,33,34)/t12-,14+,15-,18-,19+/m1/s1. The molecule has 2 aliphatic carbocycles. The minimum atomic E-state index is -5.09. The average Bonchev–Trinajstić information content (AvgIpc) is 3.50. The number of hydrogen-bond acceptors (Lipinski definition) is 9. The zero-order valence-electron chi connectivity index (χ0n) is 19.3. The molecule has 0 amide bonds. The fourth-order valence-corrected chi connectivity index (χ4v) is 6.74. The van der Waals surface area contributed by atoms with Crippen LogP contribution in [0.25, 0.3) is 5.52 Å². The van der Waals surface area contributed by atoms with Gasteiger partial charge in [0.05, 0.1) is 24.9 Å². The highest BCUT2D eigenvalue weighted by atomic mass is 35.5. The number of aromatic nitrogens is 3. The Morgan fingerprint density at radius 1 is 1.24 bits per heavy atom. The van der Waals surface area contributed by atoms with Gasteiger partial charge in [-0.15, -0.1) is 5.10 Å². The van der Waals surface area contributed by atoms with Crippen LogP contribution in [-0.4, -0.2) is 63.5 Å². The molecule has 12 nitrogen and oxygen atoms in total. The number of nitrogens with one attached hydrogen (secondary N) is 1. The maximum atomic E-state index is 11.4. The number of hydrogen-bond donors (Lipinski definition) is 6. The summed E-state index contributed by atoms with van der Waals surface area (Å²) in [6.45, 7) is -0.469. The van der Waals surface area contributed by atoms with Crippen LogP contribution in [0.1, 0.15) is 41.6 Å². The van der Waals surface area contributed by atoms with E-state index in [4.69, 9.17) is 16.3 Å². The average molecular weight is 571 g/mol. The van der Waals surface area contributed by atoms with Crippen LogP contribution >= 0.6 is 27.2 Å². The SMILES string of the molecule is O=P(O)(O)C(OC[C@H]1C[C@@H](c2ccc3c(N[C@@H]4CCc5ccccc54)nc(Cl)nn23)[C@H](O)[C@@H]1O)=[P+]([O-])O. The van der Waals surface area contributed by atoms with Gasteiger partial charge in [-0.05, 0) is 54.1 Å². The number of rotatable bonds is 7. The summed E-state index contributed by atoms with van der Waals surface area (Å²) in [5, 5.41) is 27.9. The Morgan fingerprint density at radius 3 is 2.73 bits per heavy atom. The minimum absolute atomic E-state index is 0.0146. The lowest BCUT2D eigenvalue weighted by Gasteiger charge is -2.18. The molecule has 6 atom stereocenters. The Labute approximate surface area is 217 Å². The van der Waals surface area contributed by atoms with Gasteiger partial charge in [0, 0.05) is 17.5 Å². The van der Waals surface area contributed by atoms with E-state index in [0.717, 1.165) is 12.8 Å². The van der Waals surface area contributed by atoms with Gasteiger partial charge in [0.2, 0.25) is 5.28 Å². The smallest absolute Gasteiger partial charge is 0.425 e. The first-order valence-corrected chi connectivity index (χ1v) is 14.7. The molecule has 1 aromatic carbocycles. The van der Waals surface area contributed by atoms with Crippen molar-refractivity contribution in [3.63, 3.8) is 0 Å². The lowest BCUT2D eigenvalue weighted by atomic mass is 10.0. The molecule has 6 N–H and O–H groups in total. The number of benzene rings is 1. The second kappa shape index (κ2) is 10.3. The molecular weight excluding hydrogens is 546 g/mol. The predicted octanol–water partition coefficient (Wildman–Crippen LogP) is 1.25. The van der Waals surface area contributed by atoms with E-state index in [2.05, 4.69) is 27.5 Å². The predicted molar refractivity (Wildman–Crippen MR) is 134 cm³/mol. The summed E-state index contributed by atoms with van der Waals surface area (Å²) < 4.78 is 17.9. The van der Waals surface area contributed by atoms with Crippen LogP contribution in [0.4, 0.5) is 5.82 Å². The Hall–Kier alpha value is -1.95. The maximum absolute atomic E-state index is 11.4. The van der Waals surface area contributed by atoms with E-state index in [0.29, 0.717) is 17.0 Å². The number of anilines is 1. The van der Waals surface area contributed by atoms with Crippen LogP contribution in [0.2, 0.25) is 5.28 Å². The third-order valence-corrected chi connectivity index (χ3v) is 9.52. The Balaban J connectivity index is 1.39. The van der Waals surface area contributed by atoms with Gasteiger partial charge in [0.1, 0.15) is 5.52 Å². The van der Waals surface area contributed by atoms with E-state index < -0.39 is 51.5 Å². The highest BCUT2D eigenvalue weighted by Crippen LogP contribution is 2.44. The third-order valence-electron chi connectivity index (χ3n) is 6.98. The Kier molecular flexibility index (Phi) is 7.43. The highest BCUT2D eigenvalue weighted by molar-refractivity contribution is 7.82. The zero-order valence-corrected chi connectivity index (χ0v) is 21.8. The number of nitrogens with zero attached hydrogens (tertiary/aromatic N) is 3.